The number of aliphatic hydroxyl groups excluding tert-OH is 1. The quantitative estimate of drug-likeness (QED) is 0.704. The standard InChI is InChI=1S/C14H20N2O3/c1-19-12-4-2-3-10(7-12)5-6-15-14(18)13-8-11(17)9-16-13/h2-4,7,11,13,16-17H,5-6,8-9H2,1H3,(H,15,18)/t11-,13+/m0/s1. The highest BCUT2D eigenvalue weighted by Crippen LogP contribution is 2.12. The first-order chi connectivity index (χ1) is 9.19. The van der Waals surface area contributed by atoms with E-state index in [1.807, 2.05) is 24.3 Å². The van der Waals surface area contributed by atoms with Gasteiger partial charge in [0.05, 0.1) is 19.3 Å². The van der Waals surface area contributed by atoms with E-state index in [0.717, 1.165) is 17.7 Å². The highest BCUT2D eigenvalue weighted by molar-refractivity contribution is 5.82. The summed E-state index contributed by atoms with van der Waals surface area (Å²) in [7, 11) is 1.64. The van der Waals surface area contributed by atoms with Gasteiger partial charge in [0.15, 0.2) is 0 Å². The number of carbonyl (C=O) groups excluding carboxylic acids is 1. The van der Waals surface area contributed by atoms with E-state index in [9.17, 15) is 9.90 Å². The second kappa shape index (κ2) is 6.54. The number of carbonyl (C=O) groups is 1. The Morgan fingerprint density at radius 1 is 1.58 bits per heavy atom. The molecule has 0 aromatic heterocycles. The van der Waals surface area contributed by atoms with Crippen molar-refractivity contribution in [2.24, 2.45) is 0 Å². The monoisotopic (exact) mass is 264 g/mol. The van der Waals surface area contributed by atoms with Gasteiger partial charge in [0.2, 0.25) is 5.91 Å². The van der Waals surface area contributed by atoms with Crippen LogP contribution in [0.4, 0.5) is 0 Å². The molecular formula is C14H20N2O3. The number of nitrogens with one attached hydrogen (secondary N) is 2. The van der Waals surface area contributed by atoms with Crippen molar-refractivity contribution in [1.82, 2.24) is 10.6 Å². The van der Waals surface area contributed by atoms with Crippen molar-refractivity contribution in [2.45, 2.75) is 25.0 Å². The highest BCUT2D eigenvalue weighted by atomic mass is 16.5. The fraction of sp³-hybridized carbons (Fsp3) is 0.500. The van der Waals surface area contributed by atoms with Crippen molar-refractivity contribution in [1.29, 1.82) is 0 Å². The molecule has 1 aliphatic heterocycles. The van der Waals surface area contributed by atoms with Crippen LogP contribution in [-0.4, -0.2) is 43.4 Å². The maximum atomic E-state index is 11.8. The molecule has 3 N–H and O–H groups in total. The Morgan fingerprint density at radius 2 is 2.42 bits per heavy atom. The molecule has 1 aromatic carbocycles. The zero-order valence-electron chi connectivity index (χ0n) is 11.1. The van der Waals surface area contributed by atoms with E-state index < -0.39 is 6.10 Å². The number of rotatable bonds is 5. The number of aliphatic hydroxyl groups is 1. The maximum Gasteiger partial charge on any atom is 0.237 e. The van der Waals surface area contributed by atoms with Gasteiger partial charge < -0.3 is 20.5 Å². The molecule has 0 radical (unpaired) electrons. The molecule has 5 heteroatoms. The van der Waals surface area contributed by atoms with E-state index in [-0.39, 0.29) is 11.9 Å². The molecule has 0 unspecified atom stereocenters. The van der Waals surface area contributed by atoms with Gasteiger partial charge in [-0.25, -0.2) is 0 Å². The highest BCUT2D eigenvalue weighted by Gasteiger charge is 2.27. The summed E-state index contributed by atoms with van der Waals surface area (Å²) in [6, 6.07) is 7.53. The lowest BCUT2D eigenvalue weighted by Gasteiger charge is -2.11. The summed E-state index contributed by atoms with van der Waals surface area (Å²) in [6.45, 7) is 1.08. The number of hydrogen-bond donors (Lipinski definition) is 3. The van der Waals surface area contributed by atoms with Crippen LogP contribution >= 0.6 is 0 Å². The molecule has 1 amide bonds. The summed E-state index contributed by atoms with van der Waals surface area (Å²) in [5.74, 6) is 0.781. The van der Waals surface area contributed by atoms with E-state index in [4.69, 9.17) is 4.74 Å². The average molecular weight is 264 g/mol. The molecule has 0 bridgehead atoms. The molecule has 1 heterocycles. The zero-order chi connectivity index (χ0) is 13.7. The topological polar surface area (TPSA) is 70.6 Å². The minimum absolute atomic E-state index is 0.0422. The molecule has 2 atom stereocenters. The van der Waals surface area contributed by atoms with Crippen LogP contribution in [-0.2, 0) is 11.2 Å². The van der Waals surface area contributed by atoms with Gasteiger partial charge in [-0.2, -0.15) is 0 Å². The van der Waals surface area contributed by atoms with Crippen LogP contribution in [0.1, 0.15) is 12.0 Å². The van der Waals surface area contributed by atoms with E-state index >= 15 is 0 Å². The van der Waals surface area contributed by atoms with Crippen LogP contribution in [0.25, 0.3) is 0 Å². The van der Waals surface area contributed by atoms with Crippen LogP contribution in [0, 0.1) is 0 Å². The Labute approximate surface area is 113 Å². The number of hydrogen-bond acceptors (Lipinski definition) is 4. The smallest absolute Gasteiger partial charge is 0.237 e. The fourth-order valence-corrected chi connectivity index (χ4v) is 2.20. The molecular weight excluding hydrogens is 244 g/mol. The van der Waals surface area contributed by atoms with Crippen molar-refractivity contribution in [2.75, 3.05) is 20.2 Å². The third-order valence-corrected chi connectivity index (χ3v) is 3.27. The lowest BCUT2D eigenvalue weighted by atomic mass is 10.1. The van der Waals surface area contributed by atoms with Gasteiger partial charge in [-0.3, -0.25) is 4.79 Å². The molecule has 1 aromatic rings. The minimum atomic E-state index is -0.408. The first kappa shape index (κ1) is 13.8. The minimum Gasteiger partial charge on any atom is -0.497 e. The molecule has 19 heavy (non-hydrogen) atoms. The Morgan fingerprint density at radius 3 is 3.11 bits per heavy atom. The lowest BCUT2D eigenvalue weighted by Crippen LogP contribution is -2.41. The van der Waals surface area contributed by atoms with Crippen LogP contribution < -0.4 is 15.4 Å². The molecule has 0 saturated carbocycles. The molecule has 1 aliphatic rings. The second-order valence-corrected chi connectivity index (χ2v) is 4.74. The summed E-state index contributed by atoms with van der Waals surface area (Å²) in [5, 5.41) is 15.2. The average Bonchev–Trinajstić information content (AvgIpc) is 2.86. The van der Waals surface area contributed by atoms with Crippen LogP contribution in [0.3, 0.4) is 0 Å². The number of amides is 1. The molecule has 0 spiro atoms. The maximum absolute atomic E-state index is 11.8. The van der Waals surface area contributed by atoms with Gasteiger partial charge in [0.1, 0.15) is 5.75 Å². The van der Waals surface area contributed by atoms with Crippen molar-refractivity contribution in [3.05, 3.63) is 29.8 Å². The largest absolute Gasteiger partial charge is 0.497 e. The Hall–Kier alpha value is -1.59. The Balaban J connectivity index is 1.75. The first-order valence-corrected chi connectivity index (χ1v) is 6.51. The third kappa shape index (κ3) is 3.94. The zero-order valence-corrected chi connectivity index (χ0v) is 11.1. The molecule has 2 rings (SSSR count). The van der Waals surface area contributed by atoms with Crippen molar-refractivity contribution in [3.8, 4) is 5.75 Å². The van der Waals surface area contributed by atoms with Gasteiger partial charge >= 0.3 is 0 Å². The van der Waals surface area contributed by atoms with Gasteiger partial charge in [0, 0.05) is 13.1 Å². The summed E-state index contributed by atoms with van der Waals surface area (Å²) in [5.41, 5.74) is 1.12. The van der Waals surface area contributed by atoms with E-state index in [1.165, 1.54) is 0 Å². The van der Waals surface area contributed by atoms with E-state index in [1.54, 1.807) is 7.11 Å². The summed E-state index contributed by atoms with van der Waals surface area (Å²) >= 11 is 0. The second-order valence-electron chi connectivity index (χ2n) is 4.74. The first-order valence-electron chi connectivity index (χ1n) is 6.51. The predicted molar refractivity (Wildman–Crippen MR) is 72.1 cm³/mol. The number of ether oxygens (including phenoxy) is 1. The molecule has 1 fully saturated rings. The van der Waals surface area contributed by atoms with Crippen molar-refractivity contribution in [3.63, 3.8) is 0 Å². The Bertz CT molecular complexity index is 436. The van der Waals surface area contributed by atoms with E-state index in [0.29, 0.717) is 19.5 Å². The van der Waals surface area contributed by atoms with Crippen LogP contribution in [0.5, 0.6) is 5.75 Å². The summed E-state index contributed by atoms with van der Waals surface area (Å²) in [4.78, 5) is 11.8. The molecule has 104 valence electrons. The number of β-amino-alcohol motifs (C(OH)–C–C–N with tert-alkyl or cyclic N) is 1. The van der Waals surface area contributed by atoms with Crippen molar-refractivity contribution < 1.29 is 14.6 Å². The van der Waals surface area contributed by atoms with Gasteiger partial charge in [-0.15, -0.1) is 0 Å². The number of methoxy groups -OCH3 is 1. The molecule has 5 nitrogen and oxygen atoms in total. The SMILES string of the molecule is COc1cccc(CCNC(=O)[C@H]2C[C@H](O)CN2)c1. The van der Waals surface area contributed by atoms with Gasteiger partial charge in [-0.1, -0.05) is 12.1 Å². The number of benzene rings is 1. The fourth-order valence-electron chi connectivity index (χ4n) is 2.20. The van der Waals surface area contributed by atoms with Crippen LogP contribution in [0.2, 0.25) is 0 Å². The Kier molecular flexibility index (Phi) is 4.76. The summed E-state index contributed by atoms with van der Waals surface area (Å²) < 4.78 is 5.15. The lowest BCUT2D eigenvalue weighted by molar-refractivity contribution is -0.122. The van der Waals surface area contributed by atoms with E-state index in [2.05, 4.69) is 10.6 Å². The molecule has 0 aliphatic carbocycles. The van der Waals surface area contributed by atoms with Crippen molar-refractivity contribution >= 4 is 5.91 Å². The predicted octanol–water partition coefficient (Wildman–Crippen LogP) is 0.0767. The van der Waals surface area contributed by atoms with Gasteiger partial charge in [0.25, 0.3) is 0 Å². The summed E-state index contributed by atoms with van der Waals surface area (Å²) in [6.07, 6.45) is 0.845. The normalized spacial score (nSPS) is 22.2. The van der Waals surface area contributed by atoms with Crippen LogP contribution in [0.15, 0.2) is 24.3 Å². The van der Waals surface area contributed by atoms with Gasteiger partial charge in [-0.05, 0) is 30.5 Å². The molecule has 1 saturated heterocycles. The third-order valence-electron chi connectivity index (χ3n) is 3.27.